The summed E-state index contributed by atoms with van der Waals surface area (Å²) in [7, 11) is 2.11. The summed E-state index contributed by atoms with van der Waals surface area (Å²) in [4.78, 5) is 14.3. The summed E-state index contributed by atoms with van der Waals surface area (Å²) < 4.78 is 0. The molecule has 0 spiro atoms. The van der Waals surface area contributed by atoms with Crippen molar-refractivity contribution in [1.82, 2.24) is 0 Å². The number of ketones is 1. The Hall–Kier alpha value is -1.31. The number of aryl methyl sites for hydroxylation is 2. The first-order valence-corrected chi connectivity index (χ1v) is 7.39. The number of anilines is 1. The van der Waals surface area contributed by atoms with Crippen LogP contribution < -0.4 is 4.90 Å². The molecule has 1 aromatic carbocycles. The first kappa shape index (κ1) is 14.1. The Balaban J connectivity index is 2.07. The molecule has 1 aliphatic carbocycles. The van der Waals surface area contributed by atoms with Gasteiger partial charge in [-0.25, -0.2) is 0 Å². The summed E-state index contributed by atoms with van der Waals surface area (Å²) in [5.41, 5.74) is 3.84. The van der Waals surface area contributed by atoms with Crippen molar-refractivity contribution in [3.05, 3.63) is 29.3 Å². The first-order valence-electron chi connectivity index (χ1n) is 7.39. The molecule has 0 amide bonds. The number of nitrogens with zero attached hydrogens (tertiary/aromatic N) is 1. The van der Waals surface area contributed by atoms with Gasteiger partial charge in [0.05, 0.1) is 0 Å². The van der Waals surface area contributed by atoms with Crippen molar-refractivity contribution in [1.29, 1.82) is 0 Å². The third-order valence-corrected chi connectivity index (χ3v) is 4.19. The second-order valence-corrected chi connectivity index (χ2v) is 5.93. The highest BCUT2D eigenvalue weighted by atomic mass is 16.1. The molecule has 1 aromatic rings. The maximum atomic E-state index is 12.1. The highest BCUT2D eigenvalue weighted by Crippen LogP contribution is 2.25. The van der Waals surface area contributed by atoms with Crippen LogP contribution in [0.15, 0.2) is 18.2 Å². The van der Waals surface area contributed by atoms with Crippen LogP contribution in [0.4, 0.5) is 5.69 Å². The van der Waals surface area contributed by atoms with Crippen molar-refractivity contribution in [2.45, 2.75) is 46.0 Å². The van der Waals surface area contributed by atoms with Gasteiger partial charge in [0.2, 0.25) is 0 Å². The largest absolute Gasteiger partial charge is 0.374 e. The number of hydrogen-bond acceptors (Lipinski definition) is 2. The Labute approximate surface area is 116 Å². The predicted octanol–water partition coefficient (Wildman–Crippen LogP) is 3.89. The Morgan fingerprint density at radius 1 is 1.21 bits per heavy atom. The molecule has 0 saturated heterocycles. The lowest BCUT2D eigenvalue weighted by Crippen LogP contribution is -2.30. The SMILES string of the molecule is Cc1ccc(N(C)CC2CCCCCC2=O)c(C)c1. The normalized spacial score (nSPS) is 20.2. The van der Waals surface area contributed by atoms with E-state index in [2.05, 4.69) is 44.0 Å². The molecule has 2 nitrogen and oxygen atoms in total. The number of carbonyl (C=O) groups is 1. The summed E-state index contributed by atoms with van der Waals surface area (Å²) in [5.74, 6) is 0.697. The standard InChI is InChI=1S/C17H25NO/c1-13-9-10-16(14(2)11-13)18(3)12-15-7-5-4-6-8-17(15)19/h9-11,15H,4-8,12H2,1-3H3. The number of hydrogen-bond donors (Lipinski definition) is 0. The maximum absolute atomic E-state index is 12.1. The summed E-state index contributed by atoms with van der Waals surface area (Å²) >= 11 is 0. The summed E-state index contributed by atoms with van der Waals surface area (Å²) in [6, 6.07) is 6.53. The fraction of sp³-hybridized carbons (Fsp3) is 0.588. The van der Waals surface area contributed by atoms with Gasteiger partial charge in [-0.2, -0.15) is 0 Å². The van der Waals surface area contributed by atoms with E-state index < -0.39 is 0 Å². The summed E-state index contributed by atoms with van der Waals surface area (Å²) in [6.45, 7) is 5.13. The smallest absolute Gasteiger partial charge is 0.137 e. The predicted molar refractivity (Wildman–Crippen MR) is 80.8 cm³/mol. The average Bonchev–Trinajstić information content (AvgIpc) is 2.55. The van der Waals surface area contributed by atoms with Crippen LogP contribution in [0.5, 0.6) is 0 Å². The van der Waals surface area contributed by atoms with E-state index in [1.165, 1.54) is 29.7 Å². The second-order valence-electron chi connectivity index (χ2n) is 5.93. The summed E-state index contributed by atoms with van der Waals surface area (Å²) in [6.07, 6.45) is 5.36. The van der Waals surface area contributed by atoms with Crippen molar-refractivity contribution in [2.24, 2.45) is 5.92 Å². The molecule has 1 atom stereocenters. The number of carbonyl (C=O) groups excluding carboxylic acids is 1. The molecule has 104 valence electrons. The Bertz CT molecular complexity index is 453. The van der Waals surface area contributed by atoms with E-state index >= 15 is 0 Å². The Kier molecular flexibility index (Phi) is 4.62. The monoisotopic (exact) mass is 259 g/mol. The lowest BCUT2D eigenvalue weighted by atomic mass is 9.98. The van der Waals surface area contributed by atoms with Crippen molar-refractivity contribution in [3.63, 3.8) is 0 Å². The molecule has 0 N–H and O–H groups in total. The highest BCUT2D eigenvalue weighted by molar-refractivity contribution is 5.81. The van der Waals surface area contributed by atoms with Gasteiger partial charge in [0.15, 0.2) is 0 Å². The van der Waals surface area contributed by atoms with E-state index in [4.69, 9.17) is 0 Å². The molecule has 1 unspecified atom stereocenters. The molecular weight excluding hydrogens is 234 g/mol. The topological polar surface area (TPSA) is 20.3 Å². The van der Waals surface area contributed by atoms with E-state index in [9.17, 15) is 4.79 Å². The maximum Gasteiger partial charge on any atom is 0.137 e. The zero-order chi connectivity index (χ0) is 13.8. The fourth-order valence-corrected chi connectivity index (χ4v) is 3.09. The average molecular weight is 259 g/mol. The van der Waals surface area contributed by atoms with Crippen molar-refractivity contribution in [2.75, 3.05) is 18.5 Å². The second kappa shape index (κ2) is 6.23. The van der Waals surface area contributed by atoms with Crippen molar-refractivity contribution < 1.29 is 4.79 Å². The molecule has 2 heteroatoms. The first-order chi connectivity index (χ1) is 9.08. The molecule has 1 aliphatic rings. The Morgan fingerprint density at radius 3 is 2.74 bits per heavy atom. The van der Waals surface area contributed by atoms with Gasteiger partial charge in [0.25, 0.3) is 0 Å². The number of Topliss-reactive ketones (excluding diaryl/α,β-unsaturated/α-hetero) is 1. The Morgan fingerprint density at radius 2 is 2.00 bits per heavy atom. The van der Waals surface area contributed by atoms with E-state index in [1.807, 2.05) is 0 Å². The molecule has 1 fully saturated rings. The van der Waals surface area contributed by atoms with Crippen molar-refractivity contribution >= 4 is 11.5 Å². The molecular formula is C17H25NO. The molecule has 0 aromatic heterocycles. The van der Waals surface area contributed by atoms with E-state index in [1.54, 1.807) is 0 Å². The minimum absolute atomic E-state index is 0.230. The quantitative estimate of drug-likeness (QED) is 0.768. The van der Waals surface area contributed by atoms with Gasteiger partial charge in [0.1, 0.15) is 5.78 Å². The van der Waals surface area contributed by atoms with Gasteiger partial charge in [-0.05, 0) is 38.3 Å². The number of benzene rings is 1. The minimum atomic E-state index is 0.230. The zero-order valence-corrected chi connectivity index (χ0v) is 12.4. The summed E-state index contributed by atoms with van der Waals surface area (Å²) in [5, 5.41) is 0. The fourth-order valence-electron chi connectivity index (χ4n) is 3.09. The molecule has 0 aliphatic heterocycles. The molecule has 2 rings (SSSR count). The van der Waals surface area contributed by atoms with Crippen LogP contribution in [0.3, 0.4) is 0 Å². The lowest BCUT2D eigenvalue weighted by Gasteiger charge is -2.26. The third-order valence-electron chi connectivity index (χ3n) is 4.19. The van der Waals surface area contributed by atoms with E-state index in [-0.39, 0.29) is 5.92 Å². The third kappa shape index (κ3) is 3.59. The van der Waals surface area contributed by atoms with Gasteiger partial charge >= 0.3 is 0 Å². The molecule has 1 saturated carbocycles. The molecule has 0 bridgehead atoms. The van der Waals surface area contributed by atoms with Crippen LogP contribution >= 0.6 is 0 Å². The highest BCUT2D eigenvalue weighted by Gasteiger charge is 2.22. The lowest BCUT2D eigenvalue weighted by molar-refractivity contribution is -0.122. The molecule has 0 heterocycles. The van der Waals surface area contributed by atoms with Crippen LogP contribution in [0.1, 0.15) is 43.2 Å². The minimum Gasteiger partial charge on any atom is -0.374 e. The van der Waals surface area contributed by atoms with Gasteiger partial charge < -0.3 is 4.90 Å². The van der Waals surface area contributed by atoms with Gasteiger partial charge in [0, 0.05) is 31.6 Å². The van der Waals surface area contributed by atoms with Crippen LogP contribution in [0.2, 0.25) is 0 Å². The van der Waals surface area contributed by atoms with E-state index in [0.29, 0.717) is 5.78 Å². The molecule has 19 heavy (non-hydrogen) atoms. The van der Waals surface area contributed by atoms with Crippen LogP contribution in [0, 0.1) is 19.8 Å². The zero-order valence-electron chi connectivity index (χ0n) is 12.4. The van der Waals surface area contributed by atoms with Gasteiger partial charge in [-0.1, -0.05) is 30.5 Å². The van der Waals surface area contributed by atoms with Crippen molar-refractivity contribution in [3.8, 4) is 0 Å². The van der Waals surface area contributed by atoms with Gasteiger partial charge in [-0.3, -0.25) is 4.79 Å². The van der Waals surface area contributed by atoms with Crippen LogP contribution in [-0.2, 0) is 4.79 Å². The number of rotatable bonds is 3. The van der Waals surface area contributed by atoms with Crippen LogP contribution in [0.25, 0.3) is 0 Å². The molecule has 0 radical (unpaired) electrons. The van der Waals surface area contributed by atoms with Crippen LogP contribution in [-0.4, -0.2) is 19.4 Å². The van der Waals surface area contributed by atoms with Gasteiger partial charge in [-0.15, -0.1) is 0 Å². The van der Waals surface area contributed by atoms with E-state index in [0.717, 1.165) is 25.8 Å².